The van der Waals surface area contributed by atoms with E-state index in [1.807, 2.05) is 7.05 Å². The third-order valence-corrected chi connectivity index (χ3v) is 2.26. The molecule has 1 aromatic rings. The molecule has 0 bridgehead atoms. The van der Waals surface area contributed by atoms with Crippen molar-refractivity contribution in [3.8, 4) is 0 Å². The molecule has 2 nitrogen and oxygen atoms in total. The predicted octanol–water partition coefficient (Wildman–Crippen LogP) is 1.73. The minimum atomic E-state index is 1.05. The highest BCUT2D eigenvalue weighted by Gasteiger charge is 1.98. The maximum Gasteiger partial charge on any atom is 0.0230 e. The number of nitrogens with one attached hydrogen (secondary N) is 1. The van der Waals surface area contributed by atoms with E-state index in [9.17, 15) is 0 Å². The van der Waals surface area contributed by atoms with Gasteiger partial charge in [-0.05, 0) is 39.2 Å². The first-order valence-corrected chi connectivity index (χ1v) is 5.20. The fourth-order valence-corrected chi connectivity index (χ4v) is 1.50. The molecule has 0 saturated carbocycles. The summed E-state index contributed by atoms with van der Waals surface area (Å²) in [4.78, 5) is 2.35. The molecule has 1 rings (SSSR count). The second-order valence-electron chi connectivity index (χ2n) is 3.68. The van der Waals surface area contributed by atoms with E-state index < -0.39 is 0 Å². The SMILES string of the molecule is CNCCCN(C)Cc1ccccc1. The van der Waals surface area contributed by atoms with Crippen molar-refractivity contribution in [2.75, 3.05) is 27.2 Å². The Kier molecular flexibility index (Phi) is 5.27. The molecule has 0 fully saturated rings. The largest absolute Gasteiger partial charge is 0.320 e. The molecule has 1 N–H and O–H groups in total. The van der Waals surface area contributed by atoms with Crippen LogP contribution in [-0.4, -0.2) is 32.1 Å². The number of nitrogens with zero attached hydrogens (tertiary/aromatic N) is 1. The molecule has 0 atom stereocenters. The molecule has 0 aliphatic heterocycles. The highest BCUT2D eigenvalue weighted by atomic mass is 15.1. The lowest BCUT2D eigenvalue weighted by atomic mass is 10.2. The van der Waals surface area contributed by atoms with Gasteiger partial charge in [0.2, 0.25) is 0 Å². The van der Waals surface area contributed by atoms with Gasteiger partial charge in [-0.1, -0.05) is 30.3 Å². The van der Waals surface area contributed by atoms with Crippen molar-refractivity contribution in [1.29, 1.82) is 0 Å². The Morgan fingerprint density at radius 2 is 1.93 bits per heavy atom. The van der Waals surface area contributed by atoms with E-state index >= 15 is 0 Å². The van der Waals surface area contributed by atoms with Crippen LogP contribution in [0.2, 0.25) is 0 Å². The van der Waals surface area contributed by atoms with Crippen LogP contribution in [-0.2, 0) is 6.54 Å². The van der Waals surface area contributed by atoms with Gasteiger partial charge in [-0.3, -0.25) is 0 Å². The van der Waals surface area contributed by atoms with Crippen LogP contribution < -0.4 is 5.32 Å². The standard InChI is InChI=1S/C12H20N2/c1-13-9-6-10-14(2)11-12-7-4-3-5-8-12/h3-5,7-8,13H,6,9-11H2,1-2H3. The van der Waals surface area contributed by atoms with Crippen molar-refractivity contribution < 1.29 is 0 Å². The predicted molar refractivity (Wildman–Crippen MR) is 61.3 cm³/mol. The first kappa shape index (κ1) is 11.2. The molecule has 0 amide bonds. The Hall–Kier alpha value is -0.860. The molecule has 0 saturated heterocycles. The number of hydrogen-bond acceptors (Lipinski definition) is 2. The fraction of sp³-hybridized carbons (Fsp3) is 0.500. The molecule has 2 heteroatoms. The van der Waals surface area contributed by atoms with Crippen LogP contribution in [0.1, 0.15) is 12.0 Å². The van der Waals surface area contributed by atoms with Crippen molar-refractivity contribution >= 4 is 0 Å². The summed E-state index contributed by atoms with van der Waals surface area (Å²) in [6.07, 6.45) is 1.21. The Morgan fingerprint density at radius 1 is 1.21 bits per heavy atom. The molecule has 0 aromatic heterocycles. The third kappa shape index (κ3) is 4.40. The Labute approximate surface area is 86.9 Å². The minimum Gasteiger partial charge on any atom is -0.320 e. The normalized spacial score (nSPS) is 10.8. The van der Waals surface area contributed by atoms with Crippen molar-refractivity contribution in [3.63, 3.8) is 0 Å². The molecular weight excluding hydrogens is 172 g/mol. The van der Waals surface area contributed by atoms with Crippen molar-refractivity contribution in [3.05, 3.63) is 35.9 Å². The lowest BCUT2D eigenvalue weighted by Gasteiger charge is -2.16. The zero-order chi connectivity index (χ0) is 10.2. The second kappa shape index (κ2) is 6.57. The summed E-state index contributed by atoms with van der Waals surface area (Å²) >= 11 is 0. The van der Waals surface area contributed by atoms with Crippen LogP contribution in [0.25, 0.3) is 0 Å². The zero-order valence-electron chi connectivity index (χ0n) is 9.16. The summed E-state index contributed by atoms with van der Waals surface area (Å²) in [6, 6.07) is 10.6. The summed E-state index contributed by atoms with van der Waals surface area (Å²) < 4.78 is 0. The van der Waals surface area contributed by atoms with Crippen LogP contribution >= 0.6 is 0 Å². The van der Waals surface area contributed by atoms with Gasteiger partial charge in [0, 0.05) is 6.54 Å². The van der Waals surface area contributed by atoms with Crippen LogP contribution in [0.3, 0.4) is 0 Å². The molecule has 0 aliphatic carbocycles. The fourth-order valence-electron chi connectivity index (χ4n) is 1.50. The summed E-state index contributed by atoms with van der Waals surface area (Å²) in [5, 5.41) is 3.16. The molecule has 0 radical (unpaired) electrons. The first-order valence-electron chi connectivity index (χ1n) is 5.20. The lowest BCUT2D eigenvalue weighted by molar-refractivity contribution is 0.321. The summed E-state index contributed by atoms with van der Waals surface area (Å²) in [7, 11) is 4.17. The lowest BCUT2D eigenvalue weighted by Crippen LogP contribution is -2.22. The first-order chi connectivity index (χ1) is 6.83. The second-order valence-corrected chi connectivity index (χ2v) is 3.68. The molecular formula is C12H20N2. The van der Waals surface area contributed by atoms with Crippen molar-refractivity contribution in [2.45, 2.75) is 13.0 Å². The molecule has 14 heavy (non-hydrogen) atoms. The molecule has 0 heterocycles. The van der Waals surface area contributed by atoms with Gasteiger partial charge in [-0.15, -0.1) is 0 Å². The van der Waals surface area contributed by atoms with E-state index in [-0.39, 0.29) is 0 Å². The van der Waals surface area contributed by atoms with E-state index in [4.69, 9.17) is 0 Å². The van der Waals surface area contributed by atoms with Gasteiger partial charge < -0.3 is 10.2 Å². The zero-order valence-corrected chi connectivity index (χ0v) is 9.16. The number of benzene rings is 1. The van der Waals surface area contributed by atoms with E-state index in [0.29, 0.717) is 0 Å². The minimum absolute atomic E-state index is 1.05. The van der Waals surface area contributed by atoms with Gasteiger partial charge in [0.15, 0.2) is 0 Å². The van der Waals surface area contributed by atoms with Crippen LogP contribution in [0.5, 0.6) is 0 Å². The average Bonchev–Trinajstić information content (AvgIpc) is 2.20. The highest BCUT2D eigenvalue weighted by molar-refractivity contribution is 5.14. The highest BCUT2D eigenvalue weighted by Crippen LogP contribution is 2.02. The van der Waals surface area contributed by atoms with Gasteiger partial charge in [-0.25, -0.2) is 0 Å². The number of rotatable bonds is 6. The van der Waals surface area contributed by atoms with Gasteiger partial charge in [0.25, 0.3) is 0 Å². The average molecular weight is 192 g/mol. The van der Waals surface area contributed by atoms with Crippen molar-refractivity contribution in [2.24, 2.45) is 0 Å². The monoisotopic (exact) mass is 192 g/mol. The van der Waals surface area contributed by atoms with Gasteiger partial charge in [0.1, 0.15) is 0 Å². The summed E-state index contributed by atoms with van der Waals surface area (Å²) in [5.74, 6) is 0. The smallest absolute Gasteiger partial charge is 0.0230 e. The van der Waals surface area contributed by atoms with Crippen LogP contribution in [0.15, 0.2) is 30.3 Å². The number of hydrogen-bond donors (Lipinski definition) is 1. The quantitative estimate of drug-likeness (QED) is 0.691. The maximum atomic E-state index is 3.16. The van der Waals surface area contributed by atoms with E-state index in [1.165, 1.54) is 12.0 Å². The van der Waals surface area contributed by atoms with Gasteiger partial charge >= 0.3 is 0 Å². The van der Waals surface area contributed by atoms with E-state index in [1.54, 1.807) is 0 Å². The van der Waals surface area contributed by atoms with Gasteiger partial charge in [0.05, 0.1) is 0 Å². The topological polar surface area (TPSA) is 15.3 Å². The Bertz CT molecular complexity index is 233. The van der Waals surface area contributed by atoms with E-state index in [2.05, 4.69) is 47.6 Å². The molecule has 1 aromatic carbocycles. The third-order valence-electron chi connectivity index (χ3n) is 2.26. The maximum absolute atomic E-state index is 3.16. The molecule has 0 spiro atoms. The van der Waals surface area contributed by atoms with Crippen LogP contribution in [0, 0.1) is 0 Å². The summed E-state index contributed by atoms with van der Waals surface area (Å²) in [5.41, 5.74) is 1.39. The van der Waals surface area contributed by atoms with Crippen molar-refractivity contribution in [1.82, 2.24) is 10.2 Å². The molecule has 0 unspecified atom stereocenters. The Balaban J connectivity index is 2.23. The molecule has 78 valence electrons. The Morgan fingerprint density at radius 3 is 2.57 bits per heavy atom. The van der Waals surface area contributed by atoms with E-state index in [0.717, 1.165) is 19.6 Å². The molecule has 0 aliphatic rings. The van der Waals surface area contributed by atoms with Crippen LogP contribution in [0.4, 0.5) is 0 Å². The van der Waals surface area contributed by atoms with Gasteiger partial charge in [-0.2, -0.15) is 0 Å². The summed E-state index contributed by atoms with van der Waals surface area (Å²) in [6.45, 7) is 3.29.